The highest BCUT2D eigenvalue weighted by Crippen LogP contribution is 2.36. The summed E-state index contributed by atoms with van der Waals surface area (Å²) >= 11 is 6.75. The van der Waals surface area contributed by atoms with E-state index in [9.17, 15) is 0 Å². The molecule has 6 aromatic rings. The molecule has 0 saturated carbocycles. The number of hydrogen-bond acceptors (Lipinski definition) is 7. The maximum Gasteiger partial charge on any atom is 0.148 e. The topological polar surface area (TPSA) is 97.6 Å². The summed E-state index contributed by atoms with van der Waals surface area (Å²) < 4.78 is 8.09. The van der Waals surface area contributed by atoms with E-state index in [1.807, 2.05) is 78.7 Å². The van der Waals surface area contributed by atoms with E-state index in [0.717, 1.165) is 41.3 Å². The number of hydrogen-bond donors (Lipinski definition) is 1. The minimum Gasteiger partial charge on any atom is -0.456 e. The molecule has 1 aliphatic heterocycles. The van der Waals surface area contributed by atoms with Crippen molar-refractivity contribution >= 4 is 39.5 Å². The number of fused-ring (bicyclic) bond motifs is 2. The molecule has 2 aromatic carbocycles. The highest BCUT2D eigenvalue weighted by molar-refractivity contribution is 6.36. The van der Waals surface area contributed by atoms with Gasteiger partial charge in [0.15, 0.2) is 0 Å². The number of rotatable bonds is 5. The zero-order valence-electron chi connectivity index (χ0n) is 19.8. The van der Waals surface area contributed by atoms with Gasteiger partial charge >= 0.3 is 0 Å². The standard InChI is InChI=1S/C27H21ClN8O/c1-16-32-20-6-5-19(10-22(20)33-16)37-24-8-7-21-27(26(24)28)34-23(12-30-21)17-11-31-36(13-17)18-14-35(15-18)25-4-2-3-9-29-25/h2-13,18H,14-15H2,1H3,(H,32,33). The van der Waals surface area contributed by atoms with E-state index in [1.165, 1.54) is 0 Å². The van der Waals surface area contributed by atoms with E-state index >= 15 is 0 Å². The Morgan fingerprint density at radius 1 is 1.00 bits per heavy atom. The number of H-pyrrole nitrogens is 1. The maximum atomic E-state index is 6.75. The third-order valence-corrected chi connectivity index (χ3v) is 6.89. The first kappa shape index (κ1) is 21.8. The average molecular weight is 509 g/mol. The monoisotopic (exact) mass is 508 g/mol. The lowest BCUT2D eigenvalue weighted by atomic mass is 10.1. The predicted octanol–water partition coefficient (Wildman–Crippen LogP) is 5.58. The smallest absolute Gasteiger partial charge is 0.148 e. The Hall–Kier alpha value is -4.50. The molecule has 0 radical (unpaired) electrons. The average Bonchev–Trinajstić information content (AvgIpc) is 3.51. The third-order valence-electron chi connectivity index (χ3n) is 6.52. The van der Waals surface area contributed by atoms with Crippen LogP contribution in [-0.4, -0.2) is 47.8 Å². The molecule has 0 spiro atoms. The van der Waals surface area contributed by atoms with Gasteiger partial charge in [0.25, 0.3) is 0 Å². The number of aryl methyl sites for hydroxylation is 1. The Labute approximate surface area is 216 Å². The van der Waals surface area contributed by atoms with Crippen LogP contribution in [0.2, 0.25) is 5.02 Å². The quantitative estimate of drug-likeness (QED) is 0.324. The number of nitrogens with zero attached hydrogens (tertiary/aromatic N) is 7. The van der Waals surface area contributed by atoms with Crippen molar-refractivity contribution in [3.63, 3.8) is 0 Å². The molecule has 10 heteroatoms. The minimum absolute atomic E-state index is 0.281. The number of nitrogens with one attached hydrogen (secondary N) is 1. The van der Waals surface area contributed by atoms with Crippen LogP contribution in [0, 0.1) is 6.92 Å². The summed E-state index contributed by atoms with van der Waals surface area (Å²) in [6.07, 6.45) is 7.38. The molecule has 5 heterocycles. The molecular formula is C27H21ClN8O. The zero-order chi connectivity index (χ0) is 24.9. The van der Waals surface area contributed by atoms with Gasteiger partial charge in [-0.05, 0) is 43.3 Å². The summed E-state index contributed by atoms with van der Waals surface area (Å²) in [5.74, 6) is 3.00. The molecule has 0 bridgehead atoms. The van der Waals surface area contributed by atoms with Gasteiger partial charge in [-0.1, -0.05) is 17.7 Å². The van der Waals surface area contributed by atoms with Crippen LogP contribution in [0.25, 0.3) is 33.3 Å². The molecule has 0 unspecified atom stereocenters. The number of halogens is 1. The Bertz CT molecular complexity index is 1760. The van der Waals surface area contributed by atoms with Gasteiger partial charge in [0.1, 0.15) is 33.7 Å². The highest BCUT2D eigenvalue weighted by Gasteiger charge is 2.29. The number of anilines is 1. The second-order valence-corrected chi connectivity index (χ2v) is 9.44. The third kappa shape index (κ3) is 3.93. The summed E-state index contributed by atoms with van der Waals surface area (Å²) in [4.78, 5) is 23.7. The Kier molecular flexibility index (Phi) is 5.03. The number of benzene rings is 2. The fourth-order valence-electron chi connectivity index (χ4n) is 4.57. The molecule has 7 rings (SSSR count). The van der Waals surface area contributed by atoms with Crippen molar-refractivity contribution < 1.29 is 4.74 Å². The number of aromatic amines is 1. The molecule has 0 amide bonds. The highest BCUT2D eigenvalue weighted by atomic mass is 35.5. The Balaban J connectivity index is 1.13. The van der Waals surface area contributed by atoms with Crippen LogP contribution in [0.4, 0.5) is 5.82 Å². The summed E-state index contributed by atoms with van der Waals surface area (Å²) in [7, 11) is 0. The van der Waals surface area contributed by atoms with E-state index in [4.69, 9.17) is 21.3 Å². The lowest BCUT2D eigenvalue weighted by Crippen LogP contribution is -2.48. The van der Waals surface area contributed by atoms with Crippen LogP contribution >= 0.6 is 11.6 Å². The van der Waals surface area contributed by atoms with Crippen molar-refractivity contribution in [2.75, 3.05) is 18.0 Å². The van der Waals surface area contributed by atoms with Crippen LogP contribution in [0.1, 0.15) is 11.9 Å². The SMILES string of the molecule is Cc1nc2ccc(Oc3ccc4ncc(-c5cnn(C6CN(c7ccccn7)C6)c5)nc4c3Cl)cc2[nH]1. The second kappa shape index (κ2) is 8.56. The lowest BCUT2D eigenvalue weighted by molar-refractivity contribution is 0.366. The summed E-state index contributed by atoms with van der Waals surface area (Å²) in [5, 5.41) is 4.99. The Morgan fingerprint density at radius 2 is 1.89 bits per heavy atom. The molecule has 1 fully saturated rings. The van der Waals surface area contributed by atoms with Crippen molar-refractivity contribution in [1.82, 2.24) is 34.7 Å². The molecule has 4 aromatic heterocycles. The van der Waals surface area contributed by atoms with Gasteiger partial charge in [-0.15, -0.1) is 0 Å². The molecule has 1 N–H and O–H groups in total. The minimum atomic E-state index is 0.281. The van der Waals surface area contributed by atoms with Gasteiger partial charge in [-0.25, -0.2) is 15.0 Å². The molecule has 9 nitrogen and oxygen atoms in total. The molecule has 37 heavy (non-hydrogen) atoms. The first-order valence-electron chi connectivity index (χ1n) is 11.9. The molecule has 1 saturated heterocycles. The second-order valence-electron chi connectivity index (χ2n) is 9.06. The molecule has 0 atom stereocenters. The summed E-state index contributed by atoms with van der Waals surface area (Å²) in [6.45, 7) is 3.64. The predicted molar refractivity (Wildman–Crippen MR) is 142 cm³/mol. The van der Waals surface area contributed by atoms with E-state index in [2.05, 4.69) is 29.9 Å². The van der Waals surface area contributed by atoms with Gasteiger partial charge in [0, 0.05) is 37.1 Å². The van der Waals surface area contributed by atoms with Crippen molar-refractivity contribution in [1.29, 1.82) is 0 Å². The van der Waals surface area contributed by atoms with Crippen LogP contribution in [0.5, 0.6) is 11.5 Å². The number of ether oxygens (including phenoxy) is 1. The summed E-state index contributed by atoms with van der Waals surface area (Å²) in [6, 6.07) is 15.6. The Morgan fingerprint density at radius 3 is 2.76 bits per heavy atom. The molecule has 0 aliphatic carbocycles. The zero-order valence-corrected chi connectivity index (χ0v) is 20.6. The number of pyridine rings is 1. The normalized spacial score (nSPS) is 13.8. The molecule has 182 valence electrons. The first-order chi connectivity index (χ1) is 18.1. The van der Waals surface area contributed by atoms with Gasteiger partial charge in [-0.3, -0.25) is 9.67 Å². The fraction of sp³-hybridized carbons (Fsp3) is 0.148. The van der Waals surface area contributed by atoms with Crippen LogP contribution in [0.15, 0.2) is 73.3 Å². The van der Waals surface area contributed by atoms with Gasteiger partial charge < -0.3 is 14.6 Å². The number of aromatic nitrogens is 7. The van der Waals surface area contributed by atoms with Crippen molar-refractivity contribution in [3.8, 4) is 22.8 Å². The fourth-order valence-corrected chi connectivity index (χ4v) is 4.81. The largest absolute Gasteiger partial charge is 0.456 e. The number of imidazole rings is 1. The van der Waals surface area contributed by atoms with Crippen LogP contribution in [0.3, 0.4) is 0 Å². The first-order valence-corrected chi connectivity index (χ1v) is 12.3. The van der Waals surface area contributed by atoms with Gasteiger partial charge in [0.2, 0.25) is 0 Å². The maximum absolute atomic E-state index is 6.75. The van der Waals surface area contributed by atoms with E-state index < -0.39 is 0 Å². The molecule has 1 aliphatic rings. The van der Waals surface area contributed by atoms with Crippen molar-refractivity contribution in [2.24, 2.45) is 0 Å². The van der Waals surface area contributed by atoms with Gasteiger partial charge in [0.05, 0.1) is 40.7 Å². The lowest BCUT2D eigenvalue weighted by Gasteiger charge is -2.40. The van der Waals surface area contributed by atoms with Crippen molar-refractivity contribution in [2.45, 2.75) is 13.0 Å². The van der Waals surface area contributed by atoms with Crippen LogP contribution in [-0.2, 0) is 0 Å². The van der Waals surface area contributed by atoms with Crippen molar-refractivity contribution in [3.05, 3.63) is 84.2 Å². The summed E-state index contributed by atoms with van der Waals surface area (Å²) in [5.41, 5.74) is 4.64. The van der Waals surface area contributed by atoms with E-state index in [1.54, 1.807) is 6.20 Å². The van der Waals surface area contributed by atoms with E-state index in [0.29, 0.717) is 33.2 Å². The molecular weight excluding hydrogens is 488 g/mol. The van der Waals surface area contributed by atoms with Crippen LogP contribution < -0.4 is 9.64 Å². The van der Waals surface area contributed by atoms with E-state index in [-0.39, 0.29) is 6.04 Å². The van der Waals surface area contributed by atoms with Gasteiger partial charge in [-0.2, -0.15) is 5.10 Å².